The molecule has 1 unspecified atom stereocenters. The number of benzene rings is 1. The van der Waals surface area contributed by atoms with Crippen molar-refractivity contribution in [1.29, 1.82) is 0 Å². The van der Waals surface area contributed by atoms with E-state index in [0.717, 1.165) is 25.8 Å². The molecule has 2 amide bonds. The Balaban J connectivity index is 1.96. The lowest BCUT2D eigenvalue weighted by molar-refractivity contribution is -0.147. The lowest BCUT2D eigenvalue weighted by atomic mass is 9.73. The second kappa shape index (κ2) is 8.91. The van der Waals surface area contributed by atoms with Crippen LogP contribution in [-0.2, 0) is 16.0 Å². The summed E-state index contributed by atoms with van der Waals surface area (Å²) in [5.41, 5.74) is 1.82. The predicted molar refractivity (Wildman–Crippen MR) is 115 cm³/mol. The summed E-state index contributed by atoms with van der Waals surface area (Å²) in [6, 6.07) is 12.6. The Bertz CT molecular complexity index is 816. The fraction of sp³-hybridized carbons (Fsp3) is 0.478. The molecular weight excluding hydrogens is 368 g/mol. The van der Waals surface area contributed by atoms with Crippen molar-refractivity contribution >= 4 is 23.2 Å². The molecule has 150 valence electrons. The zero-order valence-corrected chi connectivity index (χ0v) is 17.9. The van der Waals surface area contributed by atoms with Crippen LogP contribution in [0.25, 0.3) is 10.4 Å². The highest BCUT2D eigenvalue weighted by Crippen LogP contribution is 2.39. The second-order valence-electron chi connectivity index (χ2n) is 7.96. The number of thiophene rings is 1. The van der Waals surface area contributed by atoms with E-state index in [0.29, 0.717) is 19.4 Å². The molecule has 1 aromatic carbocycles. The van der Waals surface area contributed by atoms with Crippen LogP contribution in [-0.4, -0.2) is 48.8 Å². The number of likely N-dealkylation sites (tertiary alicyclic amines) is 1. The van der Waals surface area contributed by atoms with E-state index in [4.69, 9.17) is 0 Å². The van der Waals surface area contributed by atoms with Crippen LogP contribution < -0.4 is 0 Å². The zero-order chi connectivity index (χ0) is 20.1. The maximum atomic E-state index is 13.3. The van der Waals surface area contributed by atoms with Crippen molar-refractivity contribution in [1.82, 2.24) is 9.80 Å². The van der Waals surface area contributed by atoms with Gasteiger partial charge < -0.3 is 9.80 Å². The van der Waals surface area contributed by atoms with Gasteiger partial charge in [0.05, 0.1) is 5.41 Å². The Morgan fingerprint density at radius 3 is 2.64 bits per heavy atom. The highest BCUT2D eigenvalue weighted by Gasteiger charge is 2.44. The van der Waals surface area contributed by atoms with Gasteiger partial charge in [0.2, 0.25) is 11.8 Å². The molecule has 0 bridgehead atoms. The number of nitrogens with zero attached hydrogens (tertiary/aromatic N) is 2. The van der Waals surface area contributed by atoms with Gasteiger partial charge in [0.1, 0.15) is 0 Å². The third-order valence-corrected chi connectivity index (χ3v) is 6.49. The monoisotopic (exact) mass is 398 g/mol. The summed E-state index contributed by atoms with van der Waals surface area (Å²) in [4.78, 5) is 30.8. The van der Waals surface area contributed by atoms with Crippen molar-refractivity contribution in [2.75, 3.05) is 27.2 Å². The molecule has 1 saturated heterocycles. The van der Waals surface area contributed by atoms with Crippen molar-refractivity contribution in [3.05, 3.63) is 47.3 Å². The quantitative estimate of drug-likeness (QED) is 0.721. The SMILES string of the molecule is CCCC(=O)N1CCCC(Cc2ccccc2-c2cccs2)(C(=O)N(C)C)C1. The fourth-order valence-electron chi connectivity index (χ4n) is 4.30. The number of hydrogen-bond donors (Lipinski definition) is 0. The third-order valence-electron chi connectivity index (χ3n) is 5.59. The van der Waals surface area contributed by atoms with E-state index in [1.54, 1.807) is 16.2 Å². The minimum Gasteiger partial charge on any atom is -0.348 e. The van der Waals surface area contributed by atoms with Gasteiger partial charge in [-0.15, -0.1) is 11.3 Å². The van der Waals surface area contributed by atoms with Crippen LogP contribution in [0.15, 0.2) is 41.8 Å². The van der Waals surface area contributed by atoms with Gasteiger partial charge in [-0.1, -0.05) is 37.3 Å². The molecule has 0 aliphatic carbocycles. The largest absolute Gasteiger partial charge is 0.348 e. The highest BCUT2D eigenvalue weighted by molar-refractivity contribution is 7.13. The summed E-state index contributed by atoms with van der Waals surface area (Å²) in [6.45, 7) is 3.30. The van der Waals surface area contributed by atoms with Gasteiger partial charge in [-0.2, -0.15) is 0 Å². The Morgan fingerprint density at radius 1 is 1.18 bits per heavy atom. The van der Waals surface area contributed by atoms with Crippen molar-refractivity contribution in [2.24, 2.45) is 5.41 Å². The molecule has 0 spiro atoms. The molecule has 0 radical (unpaired) electrons. The summed E-state index contributed by atoms with van der Waals surface area (Å²) in [6.07, 6.45) is 3.74. The normalized spacial score (nSPS) is 19.5. The zero-order valence-electron chi connectivity index (χ0n) is 17.1. The summed E-state index contributed by atoms with van der Waals surface area (Å²) in [5, 5.41) is 2.08. The van der Waals surface area contributed by atoms with Crippen LogP contribution in [0.1, 0.15) is 38.2 Å². The van der Waals surface area contributed by atoms with Crippen molar-refractivity contribution < 1.29 is 9.59 Å². The van der Waals surface area contributed by atoms with Crippen LogP contribution in [0.3, 0.4) is 0 Å². The van der Waals surface area contributed by atoms with E-state index in [-0.39, 0.29) is 11.8 Å². The van der Waals surface area contributed by atoms with Crippen LogP contribution in [0.2, 0.25) is 0 Å². The molecule has 5 heteroatoms. The Kier molecular flexibility index (Phi) is 6.55. The van der Waals surface area contributed by atoms with Gasteiger partial charge in [0.15, 0.2) is 0 Å². The number of hydrogen-bond acceptors (Lipinski definition) is 3. The van der Waals surface area contributed by atoms with Gasteiger partial charge in [0, 0.05) is 38.5 Å². The summed E-state index contributed by atoms with van der Waals surface area (Å²) in [5.74, 6) is 0.298. The number of piperidine rings is 1. The van der Waals surface area contributed by atoms with E-state index in [2.05, 4.69) is 35.7 Å². The minimum atomic E-state index is -0.557. The van der Waals surface area contributed by atoms with E-state index >= 15 is 0 Å². The molecular formula is C23H30N2O2S. The number of carbonyl (C=O) groups is 2. The summed E-state index contributed by atoms with van der Waals surface area (Å²) >= 11 is 1.72. The van der Waals surface area contributed by atoms with E-state index in [1.165, 1.54) is 16.0 Å². The van der Waals surface area contributed by atoms with Gasteiger partial charge in [-0.25, -0.2) is 0 Å². The minimum absolute atomic E-state index is 0.127. The first-order valence-electron chi connectivity index (χ1n) is 10.1. The predicted octanol–water partition coefficient (Wildman–Crippen LogP) is 4.45. The standard InChI is InChI=1S/C23H30N2O2S/c1-4-9-21(26)25-14-8-13-23(17-25,22(27)24(2)3)16-18-10-5-6-11-19(18)20-12-7-15-28-20/h5-7,10-12,15H,4,8-9,13-14,16-17H2,1-3H3. The van der Waals surface area contributed by atoms with Gasteiger partial charge in [-0.05, 0) is 48.3 Å². The molecule has 28 heavy (non-hydrogen) atoms. The van der Waals surface area contributed by atoms with E-state index in [1.807, 2.05) is 32.0 Å². The lowest BCUT2D eigenvalue weighted by Crippen LogP contribution is -2.54. The first-order valence-corrected chi connectivity index (χ1v) is 11.0. The topological polar surface area (TPSA) is 40.6 Å². The molecule has 2 aromatic rings. The molecule has 4 nitrogen and oxygen atoms in total. The van der Waals surface area contributed by atoms with Gasteiger partial charge >= 0.3 is 0 Å². The average Bonchev–Trinajstić information content (AvgIpc) is 3.22. The molecule has 0 saturated carbocycles. The highest BCUT2D eigenvalue weighted by atomic mass is 32.1. The molecule has 3 rings (SSSR count). The summed E-state index contributed by atoms with van der Waals surface area (Å²) < 4.78 is 0. The number of rotatable bonds is 6. The van der Waals surface area contributed by atoms with Crippen LogP contribution in [0, 0.1) is 5.41 Å². The molecule has 1 aliphatic heterocycles. The first kappa shape index (κ1) is 20.6. The Labute approximate surface area is 172 Å². The smallest absolute Gasteiger partial charge is 0.230 e. The summed E-state index contributed by atoms with van der Waals surface area (Å²) in [7, 11) is 3.64. The molecule has 1 atom stereocenters. The molecule has 1 aliphatic rings. The van der Waals surface area contributed by atoms with E-state index < -0.39 is 5.41 Å². The van der Waals surface area contributed by atoms with Crippen LogP contribution in [0.5, 0.6) is 0 Å². The van der Waals surface area contributed by atoms with Crippen molar-refractivity contribution in [3.63, 3.8) is 0 Å². The molecule has 0 N–H and O–H groups in total. The van der Waals surface area contributed by atoms with Crippen LogP contribution >= 0.6 is 11.3 Å². The van der Waals surface area contributed by atoms with Gasteiger partial charge in [0.25, 0.3) is 0 Å². The number of carbonyl (C=O) groups excluding carboxylic acids is 2. The van der Waals surface area contributed by atoms with Crippen molar-refractivity contribution in [2.45, 2.75) is 39.0 Å². The Morgan fingerprint density at radius 2 is 1.96 bits per heavy atom. The lowest BCUT2D eigenvalue weighted by Gasteiger charge is -2.43. The molecule has 2 heterocycles. The van der Waals surface area contributed by atoms with Gasteiger partial charge in [-0.3, -0.25) is 9.59 Å². The Hall–Kier alpha value is -2.14. The maximum Gasteiger partial charge on any atom is 0.230 e. The van der Waals surface area contributed by atoms with E-state index in [9.17, 15) is 9.59 Å². The second-order valence-corrected chi connectivity index (χ2v) is 8.91. The fourth-order valence-corrected chi connectivity index (χ4v) is 5.08. The van der Waals surface area contributed by atoms with Crippen LogP contribution in [0.4, 0.5) is 0 Å². The molecule has 1 aromatic heterocycles. The maximum absolute atomic E-state index is 13.3. The molecule has 1 fully saturated rings. The number of amides is 2. The average molecular weight is 399 g/mol. The van der Waals surface area contributed by atoms with Crippen molar-refractivity contribution in [3.8, 4) is 10.4 Å². The third kappa shape index (κ3) is 4.30. The first-order chi connectivity index (χ1) is 13.5.